The molecule has 2 unspecified atom stereocenters. The third kappa shape index (κ3) is 3.77. The molecule has 122 valence electrons. The maximum Gasteiger partial charge on any atom is 0.355 e. The van der Waals surface area contributed by atoms with Crippen LogP contribution in [0.4, 0.5) is 0 Å². The lowest BCUT2D eigenvalue weighted by Gasteiger charge is -2.35. The van der Waals surface area contributed by atoms with Gasteiger partial charge in [-0.3, -0.25) is 4.90 Å². The minimum Gasteiger partial charge on any atom is -0.476 e. The number of ether oxygens (including phenoxy) is 1. The summed E-state index contributed by atoms with van der Waals surface area (Å²) in [4.78, 5) is 17.7. The zero-order chi connectivity index (χ0) is 16.4. The Hall–Kier alpha value is -1.76. The monoisotopic (exact) mass is 332 g/mol. The van der Waals surface area contributed by atoms with Crippen LogP contribution in [-0.4, -0.2) is 46.3 Å². The minimum atomic E-state index is -0.985. The quantitative estimate of drug-likeness (QED) is 0.932. The Morgan fingerprint density at radius 1 is 1.35 bits per heavy atom. The number of morpholine rings is 1. The molecule has 0 amide bonds. The van der Waals surface area contributed by atoms with Crippen molar-refractivity contribution in [1.82, 2.24) is 9.88 Å². The van der Waals surface area contributed by atoms with Crippen molar-refractivity contribution in [2.75, 3.05) is 13.1 Å². The number of hydrogen-bond acceptors (Lipinski definition) is 5. The molecule has 0 spiro atoms. The van der Waals surface area contributed by atoms with Gasteiger partial charge in [0.25, 0.3) is 0 Å². The molecule has 0 aliphatic carbocycles. The first kappa shape index (κ1) is 16.1. The molecule has 6 heteroatoms. The average Bonchev–Trinajstić information content (AvgIpc) is 2.96. The summed E-state index contributed by atoms with van der Waals surface area (Å²) >= 11 is 1.37. The van der Waals surface area contributed by atoms with Crippen LogP contribution in [-0.2, 0) is 11.3 Å². The molecule has 0 radical (unpaired) electrons. The van der Waals surface area contributed by atoms with Gasteiger partial charge < -0.3 is 9.84 Å². The summed E-state index contributed by atoms with van der Waals surface area (Å²) in [5.74, 6) is -0.985. The number of nitrogens with zero attached hydrogens (tertiary/aromatic N) is 2. The predicted octanol–water partition coefficient (Wildman–Crippen LogP) is 3.12. The second kappa shape index (κ2) is 6.78. The van der Waals surface area contributed by atoms with Crippen LogP contribution in [0.1, 0.15) is 29.9 Å². The summed E-state index contributed by atoms with van der Waals surface area (Å²) in [6.07, 6.45) is 0.453. The number of aromatic nitrogens is 1. The fourth-order valence-electron chi connectivity index (χ4n) is 3.02. The van der Waals surface area contributed by atoms with Crippen LogP contribution < -0.4 is 0 Å². The Morgan fingerprint density at radius 2 is 2.04 bits per heavy atom. The molecule has 1 aliphatic heterocycles. The second-order valence-corrected chi connectivity index (χ2v) is 6.81. The van der Waals surface area contributed by atoms with Gasteiger partial charge in [-0.2, -0.15) is 0 Å². The molecule has 1 aromatic carbocycles. The van der Waals surface area contributed by atoms with E-state index in [1.807, 2.05) is 18.2 Å². The summed E-state index contributed by atoms with van der Waals surface area (Å²) < 4.78 is 5.78. The Bertz CT molecular complexity index is 691. The Labute approximate surface area is 139 Å². The van der Waals surface area contributed by atoms with Crippen LogP contribution in [0.25, 0.3) is 10.6 Å². The van der Waals surface area contributed by atoms with E-state index < -0.39 is 5.97 Å². The normalized spacial score (nSPS) is 22.2. The van der Waals surface area contributed by atoms with Crippen LogP contribution in [0.2, 0.25) is 0 Å². The second-order valence-electron chi connectivity index (χ2n) is 5.95. The fourth-order valence-corrected chi connectivity index (χ4v) is 3.87. The predicted molar refractivity (Wildman–Crippen MR) is 89.8 cm³/mol. The number of carbonyl (C=O) groups is 1. The van der Waals surface area contributed by atoms with E-state index in [0.29, 0.717) is 0 Å². The number of carboxylic acids is 1. The van der Waals surface area contributed by atoms with E-state index in [0.717, 1.165) is 30.2 Å². The topological polar surface area (TPSA) is 62.7 Å². The number of benzene rings is 1. The summed E-state index contributed by atoms with van der Waals surface area (Å²) in [6, 6.07) is 8.07. The van der Waals surface area contributed by atoms with Gasteiger partial charge >= 0.3 is 5.97 Å². The Kier molecular flexibility index (Phi) is 4.75. The Morgan fingerprint density at radius 3 is 2.70 bits per heavy atom. The molecule has 0 bridgehead atoms. The molecule has 1 saturated heterocycles. The van der Waals surface area contributed by atoms with Gasteiger partial charge in [0.15, 0.2) is 5.69 Å². The van der Waals surface area contributed by atoms with Crippen molar-refractivity contribution >= 4 is 17.3 Å². The molecule has 1 aromatic heterocycles. The molecule has 1 N–H and O–H groups in total. The molecule has 3 rings (SSSR count). The largest absolute Gasteiger partial charge is 0.476 e. The van der Waals surface area contributed by atoms with E-state index in [2.05, 4.69) is 29.8 Å². The van der Waals surface area contributed by atoms with Crippen molar-refractivity contribution in [3.8, 4) is 10.6 Å². The van der Waals surface area contributed by atoms with Crippen molar-refractivity contribution in [1.29, 1.82) is 0 Å². The first-order valence-electron chi connectivity index (χ1n) is 7.68. The highest BCUT2D eigenvalue weighted by molar-refractivity contribution is 7.13. The standard InChI is InChI=1S/C17H20N2O3S/c1-11-7-19(8-12(2)22-11)9-13-5-3-4-6-14(13)16-18-15(10-23-16)17(20)21/h3-6,10-12H,7-9H2,1-2H3,(H,20,21). The van der Waals surface area contributed by atoms with E-state index in [4.69, 9.17) is 9.84 Å². The molecule has 2 atom stereocenters. The van der Waals surface area contributed by atoms with E-state index in [-0.39, 0.29) is 17.9 Å². The third-order valence-electron chi connectivity index (χ3n) is 3.86. The lowest BCUT2D eigenvalue weighted by Crippen LogP contribution is -2.44. The van der Waals surface area contributed by atoms with E-state index >= 15 is 0 Å². The number of rotatable bonds is 4. The summed E-state index contributed by atoms with van der Waals surface area (Å²) in [6.45, 7) is 6.80. The Balaban J connectivity index is 1.84. The van der Waals surface area contributed by atoms with E-state index in [1.54, 1.807) is 5.38 Å². The van der Waals surface area contributed by atoms with Gasteiger partial charge in [-0.15, -0.1) is 11.3 Å². The summed E-state index contributed by atoms with van der Waals surface area (Å²) in [5, 5.41) is 11.4. The van der Waals surface area contributed by atoms with Gasteiger partial charge in [0, 0.05) is 30.6 Å². The first-order chi connectivity index (χ1) is 11.0. The SMILES string of the molecule is CC1CN(Cc2ccccc2-c2nc(C(=O)O)cs2)CC(C)O1. The lowest BCUT2D eigenvalue weighted by molar-refractivity contribution is -0.0704. The molecule has 1 aliphatic rings. The zero-order valence-corrected chi connectivity index (χ0v) is 14.0. The lowest BCUT2D eigenvalue weighted by atomic mass is 10.1. The highest BCUT2D eigenvalue weighted by Gasteiger charge is 2.23. The molecule has 1 fully saturated rings. The number of thiazole rings is 1. The summed E-state index contributed by atoms with van der Waals surface area (Å²) in [7, 11) is 0. The van der Waals surface area contributed by atoms with Crippen molar-refractivity contribution in [2.24, 2.45) is 0 Å². The van der Waals surface area contributed by atoms with Crippen molar-refractivity contribution in [2.45, 2.75) is 32.6 Å². The van der Waals surface area contributed by atoms with Gasteiger partial charge in [0.1, 0.15) is 5.01 Å². The smallest absolute Gasteiger partial charge is 0.355 e. The minimum absolute atomic E-state index is 0.105. The van der Waals surface area contributed by atoms with Gasteiger partial charge in [-0.05, 0) is 19.4 Å². The third-order valence-corrected chi connectivity index (χ3v) is 4.74. The van der Waals surface area contributed by atoms with Crippen LogP contribution >= 0.6 is 11.3 Å². The molecular weight excluding hydrogens is 312 g/mol. The van der Waals surface area contributed by atoms with Gasteiger partial charge in [-0.1, -0.05) is 24.3 Å². The van der Waals surface area contributed by atoms with Crippen LogP contribution in [0, 0.1) is 0 Å². The highest BCUT2D eigenvalue weighted by Crippen LogP contribution is 2.28. The number of hydrogen-bond donors (Lipinski definition) is 1. The molecule has 5 nitrogen and oxygen atoms in total. The van der Waals surface area contributed by atoms with Gasteiger partial charge in [0.2, 0.25) is 0 Å². The van der Waals surface area contributed by atoms with Crippen LogP contribution in [0.5, 0.6) is 0 Å². The van der Waals surface area contributed by atoms with E-state index in [9.17, 15) is 4.79 Å². The maximum atomic E-state index is 11.0. The van der Waals surface area contributed by atoms with Crippen LogP contribution in [0.15, 0.2) is 29.6 Å². The molecule has 2 aromatic rings. The average molecular weight is 332 g/mol. The molecule has 0 saturated carbocycles. The van der Waals surface area contributed by atoms with Gasteiger partial charge in [-0.25, -0.2) is 9.78 Å². The fraction of sp³-hybridized carbons (Fsp3) is 0.412. The zero-order valence-electron chi connectivity index (χ0n) is 13.2. The van der Waals surface area contributed by atoms with E-state index in [1.165, 1.54) is 16.9 Å². The maximum absolute atomic E-state index is 11.0. The molecule has 2 heterocycles. The van der Waals surface area contributed by atoms with Gasteiger partial charge in [0.05, 0.1) is 12.2 Å². The number of carboxylic acid groups (broad SMARTS) is 1. The van der Waals surface area contributed by atoms with Crippen molar-refractivity contribution in [3.63, 3.8) is 0 Å². The first-order valence-corrected chi connectivity index (χ1v) is 8.56. The summed E-state index contributed by atoms with van der Waals surface area (Å²) in [5.41, 5.74) is 2.28. The van der Waals surface area contributed by atoms with Crippen LogP contribution in [0.3, 0.4) is 0 Å². The van der Waals surface area contributed by atoms with Crippen molar-refractivity contribution < 1.29 is 14.6 Å². The number of aromatic carboxylic acids is 1. The molecular formula is C17H20N2O3S. The molecule has 23 heavy (non-hydrogen) atoms. The van der Waals surface area contributed by atoms with Crippen molar-refractivity contribution in [3.05, 3.63) is 40.9 Å². The highest BCUT2D eigenvalue weighted by atomic mass is 32.1.